The van der Waals surface area contributed by atoms with Crippen LogP contribution in [-0.4, -0.2) is 52.1 Å². The molecule has 0 saturated heterocycles. The highest BCUT2D eigenvalue weighted by molar-refractivity contribution is 5.75. The molecule has 0 aliphatic rings. The number of hydrogen-bond donors (Lipinski definition) is 1. The Balaban J connectivity index is 3.11. The van der Waals surface area contributed by atoms with Crippen molar-refractivity contribution in [3.05, 3.63) is 0 Å². The van der Waals surface area contributed by atoms with E-state index in [1.807, 2.05) is 0 Å². The van der Waals surface area contributed by atoms with E-state index in [9.17, 15) is 4.79 Å². The Morgan fingerprint density at radius 1 is 0.750 bits per heavy atom. The third-order valence-electron chi connectivity index (χ3n) is 3.55. The Bertz CT molecular complexity index is 283. The van der Waals surface area contributed by atoms with E-state index >= 15 is 0 Å². The van der Waals surface area contributed by atoms with Crippen LogP contribution in [0.15, 0.2) is 0 Å². The lowest BCUT2D eigenvalue weighted by molar-refractivity contribution is -0.121. The molecule has 5 nitrogen and oxygen atoms in total. The Hall–Kier alpha value is -0.650. The molecule has 0 aromatic heterocycles. The standard InChI is InChI=1S/C19H39NO4/c1-17(2)7-5-11-22-13-15-24-16-14-23-12-6-10-20-19(21)9-8-18(3)4/h17-18H,5-16H2,1-4H3,(H,20,21). The highest BCUT2D eigenvalue weighted by Crippen LogP contribution is 2.03. The van der Waals surface area contributed by atoms with Gasteiger partial charge in [0.25, 0.3) is 0 Å². The lowest BCUT2D eigenvalue weighted by Crippen LogP contribution is -2.25. The molecule has 0 rings (SSSR count). The summed E-state index contributed by atoms with van der Waals surface area (Å²) in [5.74, 6) is 1.46. The lowest BCUT2D eigenvalue weighted by Gasteiger charge is -2.08. The van der Waals surface area contributed by atoms with Gasteiger partial charge in [0.2, 0.25) is 5.91 Å². The number of ether oxygens (including phenoxy) is 3. The predicted molar refractivity (Wildman–Crippen MR) is 98.2 cm³/mol. The number of amides is 1. The molecule has 144 valence electrons. The molecule has 0 bridgehead atoms. The van der Waals surface area contributed by atoms with Crippen LogP contribution < -0.4 is 5.32 Å². The maximum absolute atomic E-state index is 11.5. The molecule has 0 fully saturated rings. The fourth-order valence-electron chi connectivity index (χ4n) is 2.05. The third kappa shape index (κ3) is 19.4. The molecule has 0 aromatic carbocycles. The molecule has 24 heavy (non-hydrogen) atoms. The van der Waals surface area contributed by atoms with Crippen LogP contribution in [0.1, 0.15) is 59.8 Å². The Kier molecular flexibility index (Phi) is 16.7. The average molecular weight is 346 g/mol. The second kappa shape index (κ2) is 17.2. The summed E-state index contributed by atoms with van der Waals surface area (Å²) in [6, 6.07) is 0. The molecule has 0 unspecified atom stereocenters. The van der Waals surface area contributed by atoms with Crippen molar-refractivity contribution in [3.63, 3.8) is 0 Å². The van der Waals surface area contributed by atoms with E-state index in [0.717, 1.165) is 31.8 Å². The van der Waals surface area contributed by atoms with Gasteiger partial charge >= 0.3 is 0 Å². The summed E-state index contributed by atoms with van der Waals surface area (Å²) in [5.41, 5.74) is 0. The zero-order chi connectivity index (χ0) is 18.0. The molecule has 0 saturated carbocycles. The van der Waals surface area contributed by atoms with Crippen molar-refractivity contribution >= 4 is 5.91 Å². The lowest BCUT2D eigenvalue weighted by atomic mass is 10.1. The summed E-state index contributed by atoms with van der Waals surface area (Å²) in [6.07, 6.45) is 4.74. The molecule has 5 heteroatoms. The molecule has 0 heterocycles. The van der Waals surface area contributed by atoms with Gasteiger partial charge < -0.3 is 19.5 Å². The summed E-state index contributed by atoms with van der Waals surface area (Å²) < 4.78 is 16.4. The fourth-order valence-corrected chi connectivity index (χ4v) is 2.05. The average Bonchev–Trinajstić information content (AvgIpc) is 2.52. The fraction of sp³-hybridized carbons (Fsp3) is 0.947. The minimum absolute atomic E-state index is 0.139. The molecule has 0 radical (unpaired) electrons. The van der Waals surface area contributed by atoms with E-state index in [0.29, 0.717) is 51.9 Å². The minimum atomic E-state index is 0.139. The number of hydrogen-bond acceptors (Lipinski definition) is 4. The number of nitrogens with one attached hydrogen (secondary N) is 1. The van der Waals surface area contributed by atoms with Gasteiger partial charge in [-0.1, -0.05) is 27.7 Å². The second-order valence-electron chi connectivity index (χ2n) is 7.01. The molecule has 1 N–H and O–H groups in total. The molecule has 0 aliphatic heterocycles. The van der Waals surface area contributed by atoms with E-state index in [4.69, 9.17) is 14.2 Å². The predicted octanol–water partition coefficient (Wildman–Crippen LogP) is 3.41. The normalized spacial score (nSPS) is 11.4. The summed E-state index contributed by atoms with van der Waals surface area (Å²) in [7, 11) is 0. The van der Waals surface area contributed by atoms with Crippen LogP contribution in [0.3, 0.4) is 0 Å². The van der Waals surface area contributed by atoms with Gasteiger partial charge in [-0.3, -0.25) is 4.79 Å². The second-order valence-corrected chi connectivity index (χ2v) is 7.01. The molecule has 0 atom stereocenters. The smallest absolute Gasteiger partial charge is 0.220 e. The van der Waals surface area contributed by atoms with Gasteiger partial charge in [-0.25, -0.2) is 0 Å². The maximum atomic E-state index is 11.5. The van der Waals surface area contributed by atoms with Gasteiger partial charge in [-0.2, -0.15) is 0 Å². The van der Waals surface area contributed by atoms with Crippen molar-refractivity contribution in [3.8, 4) is 0 Å². The number of carbonyl (C=O) groups is 1. The van der Waals surface area contributed by atoms with Crippen LogP contribution in [0.5, 0.6) is 0 Å². The van der Waals surface area contributed by atoms with Crippen molar-refractivity contribution in [2.75, 3.05) is 46.2 Å². The highest BCUT2D eigenvalue weighted by Gasteiger charge is 2.02. The number of carbonyl (C=O) groups excluding carboxylic acids is 1. The van der Waals surface area contributed by atoms with E-state index in [1.165, 1.54) is 6.42 Å². The molecule has 0 aliphatic carbocycles. The monoisotopic (exact) mass is 345 g/mol. The first-order chi connectivity index (χ1) is 11.5. The van der Waals surface area contributed by atoms with Crippen LogP contribution in [0.2, 0.25) is 0 Å². The van der Waals surface area contributed by atoms with Crippen molar-refractivity contribution in [1.29, 1.82) is 0 Å². The van der Waals surface area contributed by atoms with E-state index in [-0.39, 0.29) is 5.91 Å². The van der Waals surface area contributed by atoms with E-state index < -0.39 is 0 Å². The molecule has 1 amide bonds. The van der Waals surface area contributed by atoms with Crippen LogP contribution in [0.4, 0.5) is 0 Å². The first kappa shape index (κ1) is 23.4. The Morgan fingerprint density at radius 3 is 1.79 bits per heavy atom. The van der Waals surface area contributed by atoms with Crippen molar-refractivity contribution in [1.82, 2.24) is 5.32 Å². The summed E-state index contributed by atoms with van der Waals surface area (Å²) >= 11 is 0. The molecular formula is C19H39NO4. The van der Waals surface area contributed by atoms with Gasteiger partial charge in [0.1, 0.15) is 0 Å². The Labute approximate surface area is 148 Å². The molecular weight excluding hydrogens is 306 g/mol. The molecule has 0 spiro atoms. The topological polar surface area (TPSA) is 56.8 Å². The van der Waals surface area contributed by atoms with Crippen molar-refractivity contribution in [2.45, 2.75) is 59.8 Å². The van der Waals surface area contributed by atoms with Crippen molar-refractivity contribution in [2.24, 2.45) is 11.8 Å². The van der Waals surface area contributed by atoms with Crippen LogP contribution in [-0.2, 0) is 19.0 Å². The third-order valence-corrected chi connectivity index (χ3v) is 3.55. The summed E-state index contributed by atoms with van der Waals surface area (Å²) in [4.78, 5) is 11.5. The van der Waals surface area contributed by atoms with Gasteiger partial charge in [0, 0.05) is 26.2 Å². The SMILES string of the molecule is CC(C)CCCOCCOCCOCCCNC(=O)CCC(C)C. The Morgan fingerprint density at radius 2 is 1.25 bits per heavy atom. The van der Waals surface area contributed by atoms with Gasteiger partial charge in [0.15, 0.2) is 0 Å². The number of rotatable bonds is 17. The van der Waals surface area contributed by atoms with Gasteiger partial charge in [0.05, 0.1) is 26.4 Å². The van der Waals surface area contributed by atoms with Gasteiger partial charge in [-0.05, 0) is 37.5 Å². The first-order valence-corrected chi connectivity index (χ1v) is 9.52. The minimum Gasteiger partial charge on any atom is -0.379 e. The zero-order valence-electron chi connectivity index (χ0n) is 16.3. The van der Waals surface area contributed by atoms with E-state index in [1.54, 1.807) is 0 Å². The van der Waals surface area contributed by atoms with Crippen molar-refractivity contribution < 1.29 is 19.0 Å². The van der Waals surface area contributed by atoms with Crippen LogP contribution in [0.25, 0.3) is 0 Å². The highest BCUT2D eigenvalue weighted by atomic mass is 16.5. The quantitative estimate of drug-likeness (QED) is 0.410. The summed E-state index contributed by atoms with van der Waals surface area (Å²) in [6.45, 7) is 13.3. The first-order valence-electron chi connectivity index (χ1n) is 9.52. The molecule has 0 aromatic rings. The van der Waals surface area contributed by atoms with E-state index in [2.05, 4.69) is 33.0 Å². The summed E-state index contributed by atoms with van der Waals surface area (Å²) in [5, 5.41) is 2.91. The van der Waals surface area contributed by atoms with Gasteiger partial charge in [-0.15, -0.1) is 0 Å². The van der Waals surface area contributed by atoms with Crippen LogP contribution >= 0.6 is 0 Å². The maximum Gasteiger partial charge on any atom is 0.220 e. The zero-order valence-corrected chi connectivity index (χ0v) is 16.3. The van der Waals surface area contributed by atoms with Crippen LogP contribution in [0, 0.1) is 11.8 Å². The largest absolute Gasteiger partial charge is 0.379 e.